The van der Waals surface area contributed by atoms with E-state index in [-0.39, 0.29) is 5.91 Å². The molecule has 0 saturated heterocycles. The van der Waals surface area contributed by atoms with E-state index in [9.17, 15) is 4.79 Å². The van der Waals surface area contributed by atoms with Crippen molar-refractivity contribution in [2.24, 2.45) is 5.92 Å². The number of aromatic nitrogens is 3. The lowest BCUT2D eigenvalue weighted by Gasteiger charge is -2.11. The number of carbonyl (C=O) groups excluding carboxylic acids is 1. The lowest BCUT2D eigenvalue weighted by atomic mass is 10.0. The molecule has 5 heteroatoms. The van der Waals surface area contributed by atoms with Crippen molar-refractivity contribution in [3.05, 3.63) is 47.8 Å². The van der Waals surface area contributed by atoms with Crippen LogP contribution in [0.5, 0.6) is 0 Å². The molecule has 0 aliphatic rings. The number of nitrogens with zero attached hydrogens (tertiary/aromatic N) is 3. The Morgan fingerprint density at radius 1 is 1.28 bits per heavy atom. The van der Waals surface area contributed by atoms with Gasteiger partial charge in [-0.3, -0.25) is 9.48 Å². The van der Waals surface area contributed by atoms with Crippen LogP contribution in [-0.2, 0) is 6.54 Å². The molecule has 0 aliphatic carbocycles. The quantitative estimate of drug-likeness (QED) is 0.770. The van der Waals surface area contributed by atoms with Crippen molar-refractivity contribution in [3.8, 4) is 11.3 Å². The molecule has 3 aromatic rings. The van der Waals surface area contributed by atoms with Gasteiger partial charge in [-0.05, 0) is 31.9 Å². The number of benzene rings is 1. The van der Waals surface area contributed by atoms with E-state index in [1.54, 1.807) is 0 Å². The van der Waals surface area contributed by atoms with E-state index in [4.69, 9.17) is 4.98 Å². The van der Waals surface area contributed by atoms with Gasteiger partial charge in [0, 0.05) is 30.2 Å². The van der Waals surface area contributed by atoms with Gasteiger partial charge in [-0.2, -0.15) is 5.10 Å². The summed E-state index contributed by atoms with van der Waals surface area (Å²) in [5.41, 5.74) is 4.14. The molecular weight excluding hydrogens is 312 g/mol. The Balaban J connectivity index is 2.11. The highest BCUT2D eigenvalue weighted by Gasteiger charge is 2.16. The lowest BCUT2D eigenvalue weighted by Crippen LogP contribution is -2.27. The van der Waals surface area contributed by atoms with Crippen molar-refractivity contribution in [3.63, 3.8) is 0 Å². The van der Waals surface area contributed by atoms with Gasteiger partial charge in [-0.15, -0.1) is 0 Å². The summed E-state index contributed by atoms with van der Waals surface area (Å²) in [5, 5.41) is 8.38. The van der Waals surface area contributed by atoms with Crippen LogP contribution in [0.2, 0.25) is 0 Å². The number of para-hydroxylation sites is 1. The van der Waals surface area contributed by atoms with E-state index in [1.807, 2.05) is 48.1 Å². The smallest absolute Gasteiger partial charge is 0.252 e. The Morgan fingerprint density at radius 2 is 2.04 bits per heavy atom. The Labute approximate surface area is 148 Å². The molecule has 0 aliphatic heterocycles. The van der Waals surface area contributed by atoms with Crippen molar-refractivity contribution < 1.29 is 4.79 Å². The standard InChI is InChI=1S/C20H24N4O/c1-5-24-12-17(14(4)23-24)19-10-16(20(25)21-11-13(2)3)15-8-6-7-9-18(15)22-19/h6-10,12-13H,5,11H2,1-4H3,(H,21,25). The number of hydrogen-bond acceptors (Lipinski definition) is 3. The average Bonchev–Trinajstić information content (AvgIpc) is 2.99. The molecule has 25 heavy (non-hydrogen) atoms. The third-order valence-electron chi connectivity index (χ3n) is 4.18. The molecular formula is C20H24N4O. The third-order valence-corrected chi connectivity index (χ3v) is 4.18. The summed E-state index contributed by atoms with van der Waals surface area (Å²) in [6.45, 7) is 9.64. The predicted molar refractivity (Wildman–Crippen MR) is 101 cm³/mol. The Kier molecular flexibility index (Phi) is 4.83. The van der Waals surface area contributed by atoms with Gasteiger partial charge in [0.15, 0.2) is 0 Å². The Morgan fingerprint density at radius 3 is 2.72 bits per heavy atom. The molecule has 1 amide bonds. The summed E-state index contributed by atoms with van der Waals surface area (Å²) >= 11 is 0. The van der Waals surface area contributed by atoms with Crippen LogP contribution in [0.25, 0.3) is 22.2 Å². The number of rotatable bonds is 5. The second-order valence-electron chi connectivity index (χ2n) is 6.66. The number of hydrogen-bond donors (Lipinski definition) is 1. The molecule has 3 rings (SSSR count). The van der Waals surface area contributed by atoms with Gasteiger partial charge in [0.25, 0.3) is 5.91 Å². The molecule has 1 aromatic carbocycles. The normalized spacial score (nSPS) is 11.2. The molecule has 0 atom stereocenters. The second kappa shape index (κ2) is 7.05. The molecule has 0 unspecified atom stereocenters. The molecule has 2 heterocycles. The van der Waals surface area contributed by atoms with Gasteiger partial charge in [-0.25, -0.2) is 4.98 Å². The zero-order chi connectivity index (χ0) is 18.0. The van der Waals surface area contributed by atoms with Gasteiger partial charge >= 0.3 is 0 Å². The van der Waals surface area contributed by atoms with Crippen LogP contribution in [-0.4, -0.2) is 27.2 Å². The molecule has 5 nitrogen and oxygen atoms in total. The third kappa shape index (κ3) is 3.55. The van der Waals surface area contributed by atoms with Crippen molar-refractivity contribution >= 4 is 16.8 Å². The van der Waals surface area contributed by atoms with E-state index in [0.717, 1.165) is 34.4 Å². The topological polar surface area (TPSA) is 59.8 Å². The molecule has 2 aromatic heterocycles. The van der Waals surface area contributed by atoms with Crippen LogP contribution in [0.3, 0.4) is 0 Å². The molecule has 0 bridgehead atoms. The van der Waals surface area contributed by atoms with Gasteiger partial charge < -0.3 is 5.32 Å². The Bertz CT molecular complexity index is 911. The van der Waals surface area contributed by atoms with Crippen LogP contribution < -0.4 is 5.32 Å². The highest BCUT2D eigenvalue weighted by atomic mass is 16.1. The van der Waals surface area contributed by atoms with Crippen molar-refractivity contribution in [1.29, 1.82) is 0 Å². The number of nitrogens with one attached hydrogen (secondary N) is 1. The number of pyridine rings is 1. The Hall–Kier alpha value is -2.69. The zero-order valence-electron chi connectivity index (χ0n) is 15.2. The lowest BCUT2D eigenvalue weighted by molar-refractivity contribution is 0.0950. The SMILES string of the molecule is CCn1cc(-c2cc(C(=O)NCC(C)C)c3ccccc3n2)c(C)n1. The van der Waals surface area contributed by atoms with Crippen LogP contribution >= 0.6 is 0 Å². The zero-order valence-corrected chi connectivity index (χ0v) is 15.2. The van der Waals surface area contributed by atoms with Gasteiger partial charge in [0.05, 0.1) is 22.5 Å². The maximum absolute atomic E-state index is 12.7. The maximum Gasteiger partial charge on any atom is 0.252 e. The monoisotopic (exact) mass is 336 g/mol. The van der Waals surface area contributed by atoms with E-state index in [0.29, 0.717) is 18.0 Å². The average molecular weight is 336 g/mol. The first-order valence-electron chi connectivity index (χ1n) is 8.72. The molecule has 0 saturated carbocycles. The van der Waals surface area contributed by atoms with Crippen LogP contribution in [0.1, 0.15) is 36.8 Å². The van der Waals surface area contributed by atoms with E-state index in [2.05, 4.69) is 31.2 Å². The fraction of sp³-hybridized carbons (Fsp3) is 0.350. The number of amides is 1. The number of aryl methyl sites for hydroxylation is 2. The number of carbonyl (C=O) groups is 1. The maximum atomic E-state index is 12.7. The van der Waals surface area contributed by atoms with E-state index in [1.165, 1.54) is 0 Å². The van der Waals surface area contributed by atoms with E-state index >= 15 is 0 Å². The highest BCUT2D eigenvalue weighted by molar-refractivity contribution is 6.07. The van der Waals surface area contributed by atoms with Gasteiger partial charge in [0.2, 0.25) is 0 Å². The predicted octanol–water partition coefficient (Wildman–Crippen LogP) is 3.81. The van der Waals surface area contributed by atoms with Crippen LogP contribution in [0.4, 0.5) is 0 Å². The molecule has 1 N–H and O–H groups in total. The molecule has 0 radical (unpaired) electrons. The largest absolute Gasteiger partial charge is 0.352 e. The van der Waals surface area contributed by atoms with Crippen molar-refractivity contribution in [2.75, 3.05) is 6.54 Å². The minimum absolute atomic E-state index is 0.0610. The fourth-order valence-corrected chi connectivity index (χ4v) is 2.82. The van der Waals surface area contributed by atoms with Crippen LogP contribution in [0.15, 0.2) is 36.5 Å². The molecule has 0 fully saturated rings. The minimum Gasteiger partial charge on any atom is -0.352 e. The summed E-state index contributed by atoms with van der Waals surface area (Å²) in [7, 11) is 0. The first kappa shape index (κ1) is 17.1. The van der Waals surface area contributed by atoms with Crippen molar-refractivity contribution in [2.45, 2.75) is 34.2 Å². The summed E-state index contributed by atoms with van der Waals surface area (Å²) < 4.78 is 1.89. The summed E-state index contributed by atoms with van der Waals surface area (Å²) in [5.74, 6) is 0.343. The summed E-state index contributed by atoms with van der Waals surface area (Å²) in [4.78, 5) is 17.5. The molecule has 0 spiro atoms. The summed E-state index contributed by atoms with van der Waals surface area (Å²) in [6.07, 6.45) is 1.99. The summed E-state index contributed by atoms with van der Waals surface area (Å²) in [6, 6.07) is 9.64. The van der Waals surface area contributed by atoms with Gasteiger partial charge in [-0.1, -0.05) is 32.0 Å². The van der Waals surface area contributed by atoms with Gasteiger partial charge in [0.1, 0.15) is 0 Å². The highest BCUT2D eigenvalue weighted by Crippen LogP contribution is 2.26. The number of fused-ring (bicyclic) bond motifs is 1. The van der Waals surface area contributed by atoms with E-state index < -0.39 is 0 Å². The van der Waals surface area contributed by atoms with Crippen molar-refractivity contribution in [1.82, 2.24) is 20.1 Å². The first-order valence-corrected chi connectivity index (χ1v) is 8.72. The second-order valence-corrected chi connectivity index (χ2v) is 6.66. The minimum atomic E-state index is -0.0610. The molecule has 130 valence electrons. The fourth-order valence-electron chi connectivity index (χ4n) is 2.82. The first-order chi connectivity index (χ1) is 12.0. The van der Waals surface area contributed by atoms with Crippen LogP contribution in [0, 0.1) is 12.8 Å².